The van der Waals surface area contributed by atoms with Crippen LogP contribution in [-0.2, 0) is 0 Å². The molecule has 2 rings (SSSR count). The Bertz CT molecular complexity index is 413. The average Bonchev–Trinajstić information content (AvgIpc) is 2.68. The van der Waals surface area contributed by atoms with Gasteiger partial charge in [0.2, 0.25) is 0 Å². The maximum absolute atomic E-state index is 9.07. The van der Waals surface area contributed by atoms with Gasteiger partial charge in [-0.2, -0.15) is 0 Å². The van der Waals surface area contributed by atoms with Crippen molar-refractivity contribution in [1.82, 2.24) is 9.80 Å². The van der Waals surface area contributed by atoms with Gasteiger partial charge in [-0.05, 0) is 32.0 Å². The van der Waals surface area contributed by atoms with Crippen molar-refractivity contribution < 1.29 is 5.11 Å². The minimum absolute atomic E-state index is 0.0779. The van der Waals surface area contributed by atoms with Gasteiger partial charge in [0.25, 0.3) is 0 Å². The minimum atomic E-state index is 0.0779. The largest absolute Gasteiger partial charge is 0.395 e. The first-order chi connectivity index (χ1) is 9.61. The lowest BCUT2D eigenvalue weighted by Crippen LogP contribution is -2.41. The highest BCUT2D eigenvalue weighted by atomic mass is 35.5. The van der Waals surface area contributed by atoms with Gasteiger partial charge in [-0.3, -0.25) is 9.80 Å². The van der Waals surface area contributed by atoms with Crippen LogP contribution in [0.3, 0.4) is 0 Å². The second kappa shape index (κ2) is 7.73. The number of aliphatic hydroxyl groups is 1. The maximum atomic E-state index is 9.07. The minimum Gasteiger partial charge on any atom is -0.395 e. The van der Waals surface area contributed by atoms with E-state index in [9.17, 15) is 0 Å². The first-order valence-electron chi connectivity index (χ1n) is 7.20. The van der Waals surface area contributed by atoms with Gasteiger partial charge in [-0.1, -0.05) is 11.6 Å². The number of hydrogen-bond acceptors (Lipinski definition) is 5. The van der Waals surface area contributed by atoms with Gasteiger partial charge in [0, 0.05) is 37.1 Å². The fourth-order valence-electron chi connectivity index (χ4n) is 2.89. The molecule has 0 spiro atoms. The number of nitrogens with zero attached hydrogens (tertiary/aromatic N) is 2. The van der Waals surface area contributed by atoms with Crippen LogP contribution in [0.5, 0.6) is 0 Å². The lowest BCUT2D eigenvalue weighted by Gasteiger charge is -2.32. The van der Waals surface area contributed by atoms with E-state index in [0.29, 0.717) is 0 Å². The predicted molar refractivity (Wildman–Crippen MR) is 85.4 cm³/mol. The molecule has 0 amide bonds. The standard InChI is InChI=1S/C14H24ClN3OS/c1-11(16)14(12-3-4-13(15)20-12)18-6-2-5-17(7-8-18)9-10-19/h3-4,11,14,19H,2,5-10,16H2,1H3. The third-order valence-electron chi connectivity index (χ3n) is 3.82. The van der Waals surface area contributed by atoms with Crippen LogP contribution in [0, 0.1) is 0 Å². The normalized spacial score (nSPS) is 21.6. The Morgan fingerprint density at radius 1 is 1.35 bits per heavy atom. The van der Waals surface area contributed by atoms with Gasteiger partial charge >= 0.3 is 0 Å². The third kappa shape index (κ3) is 4.16. The summed E-state index contributed by atoms with van der Waals surface area (Å²) in [5.41, 5.74) is 6.22. The zero-order valence-electron chi connectivity index (χ0n) is 12.0. The Kier molecular flexibility index (Phi) is 6.26. The van der Waals surface area contributed by atoms with E-state index in [0.717, 1.165) is 43.5 Å². The second-order valence-corrected chi connectivity index (χ2v) is 7.15. The summed E-state index contributed by atoms with van der Waals surface area (Å²) in [5, 5.41) is 9.07. The van der Waals surface area contributed by atoms with Crippen molar-refractivity contribution in [3.63, 3.8) is 0 Å². The first kappa shape index (κ1) is 16.2. The number of aliphatic hydroxyl groups excluding tert-OH is 1. The van der Waals surface area contributed by atoms with Crippen molar-refractivity contribution in [2.75, 3.05) is 39.3 Å². The smallest absolute Gasteiger partial charge is 0.0931 e. The van der Waals surface area contributed by atoms with E-state index in [-0.39, 0.29) is 18.7 Å². The number of nitrogens with two attached hydrogens (primary N) is 1. The van der Waals surface area contributed by atoms with Crippen molar-refractivity contribution in [3.8, 4) is 0 Å². The fourth-order valence-corrected chi connectivity index (χ4v) is 4.20. The number of rotatable bonds is 5. The van der Waals surface area contributed by atoms with Gasteiger partial charge in [0.05, 0.1) is 17.0 Å². The highest BCUT2D eigenvalue weighted by Crippen LogP contribution is 2.32. The van der Waals surface area contributed by atoms with Crippen LogP contribution < -0.4 is 5.73 Å². The van der Waals surface area contributed by atoms with Crippen LogP contribution in [-0.4, -0.2) is 60.3 Å². The molecule has 0 radical (unpaired) electrons. The molecule has 1 aliphatic heterocycles. The van der Waals surface area contributed by atoms with E-state index >= 15 is 0 Å². The summed E-state index contributed by atoms with van der Waals surface area (Å²) in [6.45, 7) is 7.13. The predicted octanol–water partition coefficient (Wildman–Crippen LogP) is 1.79. The Hall–Kier alpha value is -0.170. The Balaban J connectivity index is 2.06. The summed E-state index contributed by atoms with van der Waals surface area (Å²) in [5.74, 6) is 0. The van der Waals surface area contributed by atoms with Crippen molar-refractivity contribution in [1.29, 1.82) is 0 Å². The zero-order valence-corrected chi connectivity index (χ0v) is 13.5. The lowest BCUT2D eigenvalue weighted by molar-refractivity contribution is 0.171. The molecule has 0 aliphatic carbocycles. The van der Waals surface area contributed by atoms with Gasteiger partial charge in [-0.25, -0.2) is 0 Å². The molecular weight excluding hydrogens is 294 g/mol. The molecule has 3 N–H and O–H groups in total. The van der Waals surface area contributed by atoms with Crippen molar-refractivity contribution in [3.05, 3.63) is 21.3 Å². The zero-order chi connectivity index (χ0) is 14.5. The Morgan fingerprint density at radius 2 is 2.15 bits per heavy atom. The molecule has 2 heterocycles. The maximum Gasteiger partial charge on any atom is 0.0931 e. The summed E-state index contributed by atoms with van der Waals surface area (Å²) in [6, 6.07) is 4.36. The molecular formula is C14H24ClN3OS. The number of thiophene rings is 1. The van der Waals surface area contributed by atoms with Crippen LogP contribution in [0.1, 0.15) is 24.3 Å². The SMILES string of the molecule is CC(N)C(c1ccc(Cl)s1)N1CCCN(CCO)CC1. The molecule has 1 saturated heterocycles. The Morgan fingerprint density at radius 3 is 2.75 bits per heavy atom. The fraction of sp³-hybridized carbons (Fsp3) is 0.714. The second-order valence-electron chi connectivity index (χ2n) is 5.40. The number of β-amino-alcohol motifs (C(OH)–C–C–N with tert-alkyl or cyclic N) is 1. The third-order valence-corrected chi connectivity index (χ3v) is 5.12. The molecule has 1 aromatic rings. The first-order valence-corrected chi connectivity index (χ1v) is 8.39. The van der Waals surface area contributed by atoms with Crippen LogP contribution in [0.2, 0.25) is 4.34 Å². The van der Waals surface area contributed by atoms with Crippen molar-refractivity contribution >= 4 is 22.9 Å². The molecule has 1 aromatic heterocycles. The van der Waals surface area contributed by atoms with Gasteiger partial charge in [0.1, 0.15) is 0 Å². The summed E-state index contributed by atoms with van der Waals surface area (Å²) >= 11 is 7.69. The highest BCUT2D eigenvalue weighted by Gasteiger charge is 2.27. The molecule has 1 aliphatic rings. The molecule has 0 aromatic carbocycles. The van der Waals surface area contributed by atoms with Crippen LogP contribution in [0.15, 0.2) is 12.1 Å². The molecule has 0 saturated carbocycles. The summed E-state index contributed by atoms with van der Waals surface area (Å²) < 4.78 is 0.822. The molecule has 114 valence electrons. The molecule has 1 fully saturated rings. The van der Waals surface area contributed by atoms with E-state index in [1.54, 1.807) is 11.3 Å². The monoisotopic (exact) mass is 317 g/mol. The average molecular weight is 318 g/mol. The summed E-state index contributed by atoms with van der Waals surface area (Å²) in [4.78, 5) is 6.03. The number of halogens is 1. The molecule has 2 unspecified atom stereocenters. The van der Waals surface area contributed by atoms with Gasteiger partial charge < -0.3 is 10.8 Å². The van der Waals surface area contributed by atoms with Crippen molar-refractivity contribution in [2.45, 2.75) is 25.4 Å². The van der Waals surface area contributed by atoms with Crippen LogP contribution in [0.25, 0.3) is 0 Å². The number of hydrogen-bond donors (Lipinski definition) is 2. The summed E-state index contributed by atoms with van der Waals surface area (Å²) in [6.07, 6.45) is 1.11. The highest BCUT2D eigenvalue weighted by molar-refractivity contribution is 7.16. The van der Waals surface area contributed by atoms with E-state index in [1.165, 1.54) is 4.88 Å². The Labute approximate surface area is 130 Å². The molecule has 6 heteroatoms. The summed E-state index contributed by atoms with van der Waals surface area (Å²) in [7, 11) is 0. The van der Waals surface area contributed by atoms with E-state index in [4.69, 9.17) is 22.4 Å². The molecule has 4 nitrogen and oxygen atoms in total. The van der Waals surface area contributed by atoms with Crippen molar-refractivity contribution in [2.24, 2.45) is 5.73 Å². The van der Waals surface area contributed by atoms with Crippen LogP contribution >= 0.6 is 22.9 Å². The lowest BCUT2D eigenvalue weighted by atomic mass is 10.1. The molecule has 20 heavy (non-hydrogen) atoms. The van der Waals surface area contributed by atoms with Gasteiger partial charge in [-0.15, -0.1) is 11.3 Å². The molecule has 2 atom stereocenters. The van der Waals surface area contributed by atoms with Crippen LogP contribution in [0.4, 0.5) is 0 Å². The van der Waals surface area contributed by atoms with Gasteiger partial charge in [0.15, 0.2) is 0 Å². The molecule has 0 bridgehead atoms. The van der Waals surface area contributed by atoms with E-state index < -0.39 is 0 Å². The quantitative estimate of drug-likeness (QED) is 0.869. The topological polar surface area (TPSA) is 52.7 Å². The van der Waals surface area contributed by atoms with E-state index in [1.807, 2.05) is 6.07 Å². The van der Waals surface area contributed by atoms with E-state index in [2.05, 4.69) is 22.8 Å².